The summed E-state index contributed by atoms with van der Waals surface area (Å²) in [6, 6.07) is 14.0. The number of phenols is 1. The van der Waals surface area contributed by atoms with Crippen molar-refractivity contribution in [3.8, 4) is 5.75 Å². The lowest BCUT2D eigenvalue weighted by Gasteiger charge is -2.22. The summed E-state index contributed by atoms with van der Waals surface area (Å²) in [5, 5.41) is 13.7. The molecule has 0 aliphatic heterocycles. The van der Waals surface area contributed by atoms with Crippen molar-refractivity contribution in [2.45, 2.75) is 19.8 Å². The van der Waals surface area contributed by atoms with Gasteiger partial charge in [-0.2, -0.15) is 0 Å². The molecule has 2 aromatic rings. The second-order valence-corrected chi connectivity index (χ2v) is 5.64. The molecule has 0 amide bonds. The van der Waals surface area contributed by atoms with Crippen LogP contribution in [0.5, 0.6) is 5.75 Å². The van der Waals surface area contributed by atoms with E-state index in [1.165, 1.54) is 0 Å². The van der Waals surface area contributed by atoms with Gasteiger partial charge in [0.15, 0.2) is 0 Å². The molecule has 0 radical (unpaired) electrons. The van der Waals surface area contributed by atoms with E-state index in [9.17, 15) is 9.90 Å². The SMILES string of the molecule is CC1CC(=NOC(=O)c2ccccc2)c2ccc(O)cc2C1. The lowest BCUT2D eigenvalue weighted by Crippen LogP contribution is -2.19. The third kappa shape index (κ3) is 3.01. The smallest absolute Gasteiger partial charge is 0.365 e. The predicted molar refractivity (Wildman–Crippen MR) is 84.0 cm³/mol. The summed E-state index contributed by atoms with van der Waals surface area (Å²) in [5.74, 6) is 0.170. The molecular weight excluding hydrogens is 278 g/mol. The predicted octanol–water partition coefficient (Wildman–Crippen LogP) is 3.54. The zero-order valence-corrected chi connectivity index (χ0v) is 12.3. The number of rotatable bonds is 2. The van der Waals surface area contributed by atoms with Gasteiger partial charge in [0.1, 0.15) is 5.75 Å². The molecule has 1 aliphatic carbocycles. The fraction of sp³-hybridized carbons (Fsp3) is 0.222. The van der Waals surface area contributed by atoms with Crippen LogP contribution in [0.3, 0.4) is 0 Å². The molecule has 3 rings (SSSR count). The van der Waals surface area contributed by atoms with Gasteiger partial charge in [-0.15, -0.1) is 0 Å². The number of carbonyl (C=O) groups excluding carboxylic acids is 1. The summed E-state index contributed by atoms with van der Waals surface area (Å²) in [4.78, 5) is 17.1. The summed E-state index contributed by atoms with van der Waals surface area (Å²) in [6.45, 7) is 2.11. The van der Waals surface area contributed by atoms with E-state index in [0.717, 1.165) is 29.7 Å². The molecule has 0 heterocycles. The van der Waals surface area contributed by atoms with Crippen molar-refractivity contribution in [2.24, 2.45) is 11.1 Å². The molecule has 4 nitrogen and oxygen atoms in total. The fourth-order valence-corrected chi connectivity index (χ4v) is 2.73. The lowest BCUT2D eigenvalue weighted by molar-refractivity contribution is 0.0515. The van der Waals surface area contributed by atoms with Crippen LogP contribution in [0.2, 0.25) is 0 Å². The summed E-state index contributed by atoms with van der Waals surface area (Å²) < 4.78 is 0. The Morgan fingerprint density at radius 1 is 1.18 bits per heavy atom. The second-order valence-electron chi connectivity index (χ2n) is 5.64. The van der Waals surface area contributed by atoms with Crippen LogP contribution >= 0.6 is 0 Å². The summed E-state index contributed by atoms with van der Waals surface area (Å²) in [6.07, 6.45) is 1.63. The molecule has 0 aromatic heterocycles. The lowest BCUT2D eigenvalue weighted by atomic mass is 9.83. The van der Waals surface area contributed by atoms with Gasteiger partial charge in [-0.25, -0.2) is 4.79 Å². The molecule has 0 saturated carbocycles. The van der Waals surface area contributed by atoms with Gasteiger partial charge >= 0.3 is 5.97 Å². The molecule has 112 valence electrons. The molecule has 2 aromatic carbocycles. The van der Waals surface area contributed by atoms with E-state index >= 15 is 0 Å². The zero-order valence-electron chi connectivity index (χ0n) is 12.3. The maximum absolute atomic E-state index is 12.0. The monoisotopic (exact) mass is 295 g/mol. The largest absolute Gasteiger partial charge is 0.508 e. The first-order valence-electron chi connectivity index (χ1n) is 7.29. The Morgan fingerprint density at radius 3 is 2.73 bits per heavy atom. The van der Waals surface area contributed by atoms with Crippen molar-refractivity contribution in [1.29, 1.82) is 0 Å². The number of benzene rings is 2. The van der Waals surface area contributed by atoms with Crippen molar-refractivity contribution in [2.75, 3.05) is 0 Å². The topological polar surface area (TPSA) is 58.9 Å². The summed E-state index contributed by atoms with van der Waals surface area (Å²) >= 11 is 0. The van der Waals surface area contributed by atoms with E-state index < -0.39 is 5.97 Å². The average Bonchev–Trinajstić information content (AvgIpc) is 2.52. The third-order valence-corrected chi connectivity index (χ3v) is 3.76. The van der Waals surface area contributed by atoms with Crippen LogP contribution in [0.25, 0.3) is 0 Å². The van der Waals surface area contributed by atoms with Gasteiger partial charge in [-0.05, 0) is 54.7 Å². The van der Waals surface area contributed by atoms with Crippen LogP contribution in [-0.4, -0.2) is 16.8 Å². The number of carbonyl (C=O) groups is 1. The zero-order chi connectivity index (χ0) is 15.5. The molecule has 0 saturated heterocycles. The van der Waals surface area contributed by atoms with Crippen molar-refractivity contribution in [3.05, 3.63) is 65.2 Å². The van der Waals surface area contributed by atoms with Gasteiger partial charge in [0.25, 0.3) is 0 Å². The van der Waals surface area contributed by atoms with Crippen LogP contribution in [0, 0.1) is 5.92 Å². The van der Waals surface area contributed by atoms with E-state index in [1.807, 2.05) is 12.1 Å². The average molecular weight is 295 g/mol. The normalized spacial score (nSPS) is 18.8. The Kier molecular flexibility index (Phi) is 3.92. The van der Waals surface area contributed by atoms with Gasteiger partial charge < -0.3 is 9.94 Å². The minimum absolute atomic E-state index is 0.244. The van der Waals surface area contributed by atoms with Crippen molar-refractivity contribution in [3.63, 3.8) is 0 Å². The number of hydrogen-bond donors (Lipinski definition) is 1. The number of hydrogen-bond acceptors (Lipinski definition) is 4. The highest BCUT2D eigenvalue weighted by atomic mass is 16.7. The van der Waals surface area contributed by atoms with E-state index in [1.54, 1.807) is 36.4 Å². The maximum atomic E-state index is 12.0. The van der Waals surface area contributed by atoms with E-state index in [-0.39, 0.29) is 5.75 Å². The molecule has 4 heteroatoms. The van der Waals surface area contributed by atoms with Crippen LogP contribution < -0.4 is 0 Å². The van der Waals surface area contributed by atoms with Gasteiger partial charge in [0, 0.05) is 5.56 Å². The number of oxime groups is 1. The molecule has 1 N–H and O–H groups in total. The Balaban J connectivity index is 1.84. The third-order valence-electron chi connectivity index (χ3n) is 3.76. The molecule has 0 spiro atoms. The highest BCUT2D eigenvalue weighted by molar-refractivity contribution is 6.03. The van der Waals surface area contributed by atoms with E-state index in [4.69, 9.17) is 4.84 Å². The highest BCUT2D eigenvalue weighted by Crippen LogP contribution is 2.28. The van der Waals surface area contributed by atoms with Gasteiger partial charge in [-0.1, -0.05) is 30.3 Å². The summed E-state index contributed by atoms with van der Waals surface area (Å²) in [5.41, 5.74) is 3.20. The first kappa shape index (κ1) is 14.3. The highest BCUT2D eigenvalue weighted by Gasteiger charge is 2.22. The van der Waals surface area contributed by atoms with Crippen LogP contribution in [0.15, 0.2) is 53.7 Å². The molecule has 1 aliphatic rings. The van der Waals surface area contributed by atoms with Crippen LogP contribution in [-0.2, 0) is 11.3 Å². The maximum Gasteiger partial charge on any atom is 0.365 e. The Hall–Kier alpha value is -2.62. The number of fused-ring (bicyclic) bond motifs is 1. The Morgan fingerprint density at radius 2 is 1.95 bits per heavy atom. The minimum atomic E-state index is -0.466. The molecule has 1 unspecified atom stereocenters. The molecular formula is C18H17NO3. The molecule has 1 atom stereocenters. The Bertz CT molecular complexity index is 722. The standard InChI is InChI=1S/C18H17NO3/c1-12-9-14-11-15(20)7-8-16(14)17(10-12)19-22-18(21)13-5-3-2-4-6-13/h2-8,11-12,20H,9-10H2,1H3. The Labute approximate surface area is 129 Å². The quantitative estimate of drug-likeness (QED) is 0.681. The summed E-state index contributed by atoms with van der Waals surface area (Å²) in [7, 11) is 0. The first-order valence-corrected chi connectivity index (χ1v) is 7.29. The number of nitrogens with zero attached hydrogens (tertiary/aromatic N) is 1. The van der Waals surface area contributed by atoms with Gasteiger partial charge in [0.05, 0.1) is 11.3 Å². The van der Waals surface area contributed by atoms with E-state index in [0.29, 0.717) is 11.5 Å². The number of phenolic OH excluding ortho intramolecular Hbond substituents is 1. The fourth-order valence-electron chi connectivity index (χ4n) is 2.73. The van der Waals surface area contributed by atoms with Crippen LogP contribution in [0.4, 0.5) is 0 Å². The van der Waals surface area contributed by atoms with Crippen molar-refractivity contribution < 1.29 is 14.7 Å². The first-order chi connectivity index (χ1) is 10.6. The molecule has 22 heavy (non-hydrogen) atoms. The minimum Gasteiger partial charge on any atom is -0.508 e. The van der Waals surface area contributed by atoms with Gasteiger partial charge in [-0.3, -0.25) is 0 Å². The van der Waals surface area contributed by atoms with Crippen molar-refractivity contribution in [1.82, 2.24) is 0 Å². The van der Waals surface area contributed by atoms with Gasteiger partial charge in [0.2, 0.25) is 0 Å². The van der Waals surface area contributed by atoms with E-state index in [2.05, 4.69) is 12.1 Å². The van der Waals surface area contributed by atoms with Crippen molar-refractivity contribution >= 4 is 11.7 Å². The molecule has 0 fully saturated rings. The number of aromatic hydroxyl groups is 1. The second kappa shape index (κ2) is 6.02. The molecule has 0 bridgehead atoms. The van der Waals surface area contributed by atoms with Crippen LogP contribution in [0.1, 0.15) is 34.8 Å².